The van der Waals surface area contributed by atoms with E-state index in [2.05, 4.69) is 11.9 Å². The van der Waals surface area contributed by atoms with Crippen LogP contribution in [0.25, 0.3) is 21.2 Å². The number of carboxylic acid groups (broad SMARTS) is 1. The van der Waals surface area contributed by atoms with Gasteiger partial charge in [-0.15, -0.1) is 11.3 Å². The van der Waals surface area contributed by atoms with Crippen molar-refractivity contribution in [3.8, 4) is 22.6 Å². The molecule has 4 rings (SSSR count). The van der Waals surface area contributed by atoms with E-state index in [1.54, 1.807) is 43.5 Å². The van der Waals surface area contributed by atoms with Crippen LogP contribution in [0.15, 0.2) is 110 Å². The van der Waals surface area contributed by atoms with Gasteiger partial charge in [-0.2, -0.15) is 0 Å². The number of aliphatic carboxylic acids is 1. The van der Waals surface area contributed by atoms with Gasteiger partial charge in [-0.3, -0.25) is 4.79 Å². The quantitative estimate of drug-likeness (QED) is 0.110. The monoisotopic (exact) mass is 615 g/mol. The van der Waals surface area contributed by atoms with Gasteiger partial charge in [0.1, 0.15) is 30.3 Å². The van der Waals surface area contributed by atoms with Crippen LogP contribution in [0.3, 0.4) is 0 Å². The number of hydrogen-bond acceptors (Lipinski definition) is 5. The van der Waals surface area contributed by atoms with Gasteiger partial charge >= 0.3 is 5.97 Å². The Morgan fingerprint density at radius 2 is 1.66 bits per heavy atom. The molecule has 2 N–H and O–H groups in total. The Kier molecular flexibility index (Phi) is 13.4. The highest BCUT2D eigenvalue weighted by molar-refractivity contribution is 7.20. The summed E-state index contributed by atoms with van der Waals surface area (Å²) in [4.78, 5) is 25.4. The standard InChI is InChI=1S/C34H32FNO5S.C2H6/c1-3-27(35)7-5-4-6-20-41-29-14-8-23(9-15-29)10-18-30(34(38)39)36-33(37)32-22-26-21-25(13-19-31(26)42-32)24-11-16-28(40-2)17-12-24;1-2/h3-9,11-17,19,21-22,27,30H,1,10,18,20H2,2H3,(H,36,37)(H,38,39);1-2H3/b6-4+,7-5?;. The minimum Gasteiger partial charge on any atom is -0.497 e. The van der Waals surface area contributed by atoms with Crippen LogP contribution in [-0.4, -0.2) is 42.9 Å². The average molecular weight is 616 g/mol. The maximum Gasteiger partial charge on any atom is 0.326 e. The number of alkyl halides is 1. The molecule has 2 atom stereocenters. The van der Waals surface area contributed by atoms with Crippen molar-refractivity contribution >= 4 is 33.3 Å². The fraction of sp³-hybridized carbons (Fsp3) is 0.222. The third-order valence-corrected chi connectivity index (χ3v) is 7.64. The van der Waals surface area contributed by atoms with Crippen LogP contribution in [0.5, 0.6) is 11.5 Å². The number of aryl methyl sites for hydroxylation is 1. The highest BCUT2D eigenvalue weighted by Crippen LogP contribution is 2.31. The predicted octanol–water partition coefficient (Wildman–Crippen LogP) is 8.43. The first-order valence-electron chi connectivity index (χ1n) is 14.4. The van der Waals surface area contributed by atoms with E-state index >= 15 is 0 Å². The molecule has 0 aliphatic heterocycles. The summed E-state index contributed by atoms with van der Waals surface area (Å²) in [5.74, 6) is -0.0578. The zero-order valence-corrected chi connectivity index (χ0v) is 26.0. The molecule has 0 radical (unpaired) electrons. The second-order valence-electron chi connectivity index (χ2n) is 9.44. The third-order valence-electron chi connectivity index (χ3n) is 6.53. The lowest BCUT2D eigenvalue weighted by molar-refractivity contribution is -0.139. The van der Waals surface area contributed by atoms with E-state index in [1.807, 2.05) is 68.4 Å². The smallest absolute Gasteiger partial charge is 0.326 e. The van der Waals surface area contributed by atoms with Gasteiger partial charge in [0.15, 0.2) is 0 Å². The van der Waals surface area contributed by atoms with Crippen molar-refractivity contribution in [1.29, 1.82) is 0 Å². The Morgan fingerprint density at radius 1 is 0.977 bits per heavy atom. The van der Waals surface area contributed by atoms with Crippen LogP contribution in [0, 0.1) is 0 Å². The van der Waals surface area contributed by atoms with E-state index in [4.69, 9.17) is 9.47 Å². The zero-order chi connectivity index (χ0) is 31.9. The van der Waals surface area contributed by atoms with Crippen LogP contribution in [-0.2, 0) is 11.2 Å². The molecule has 2 unspecified atom stereocenters. The number of fused-ring (bicyclic) bond motifs is 1. The first kappa shape index (κ1) is 33.8. The molecule has 0 fully saturated rings. The number of ether oxygens (including phenoxy) is 2. The van der Waals surface area contributed by atoms with E-state index in [0.717, 1.165) is 32.5 Å². The van der Waals surface area contributed by atoms with Gasteiger partial charge in [0.25, 0.3) is 5.91 Å². The SMILES string of the molecule is C=CC(F)C=C/C=C/COc1ccc(CCC(NC(=O)c2cc3cc(-c4ccc(OC)cc4)ccc3s2)C(=O)O)cc1.CC. The van der Waals surface area contributed by atoms with Crippen LogP contribution >= 0.6 is 11.3 Å². The number of nitrogens with one attached hydrogen (secondary N) is 1. The number of carbonyl (C=O) groups is 2. The second kappa shape index (κ2) is 17.4. The lowest BCUT2D eigenvalue weighted by Crippen LogP contribution is -2.40. The maximum absolute atomic E-state index is 13.0. The Balaban J connectivity index is 0.00000259. The number of methoxy groups -OCH3 is 1. The van der Waals surface area contributed by atoms with Crippen LogP contribution < -0.4 is 14.8 Å². The van der Waals surface area contributed by atoms with E-state index in [0.29, 0.717) is 23.7 Å². The summed E-state index contributed by atoms with van der Waals surface area (Å²) in [6.45, 7) is 7.70. The Morgan fingerprint density at radius 3 is 2.32 bits per heavy atom. The minimum atomic E-state index is -1.17. The van der Waals surface area contributed by atoms with Crippen molar-refractivity contribution in [3.63, 3.8) is 0 Å². The first-order valence-corrected chi connectivity index (χ1v) is 15.2. The van der Waals surface area contributed by atoms with Crippen molar-refractivity contribution in [1.82, 2.24) is 5.32 Å². The Labute approximate surface area is 262 Å². The molecule has 8 heteroatoms. The third kappa shape index (κ3) is 9.95. The van der Waals surface area contributed by atoms with Gasteiger partial charge in [0.05, 0.1) is 12.0 Å². The molecule has 1 amide bonds. The van der Waals surface area contributed by atoms with Gasteiger partial charge < -0.3 is 19.9 Å². The predicted molar refractivity (Wildman–Crippen MR) is 178 cm³/mol. The lowest BCUT2D eigenvalue weighted by Gasteiger charge is -2.14. The minimum absolute atomic E-state index is 0.239. The molecule has 0 bridgehead atoms. The number of hydrogen-bond donors (Lipinski definition) is 2. The molecular formula is C36H38FNO5S. The zero-order valence-electron chi connectivity index (χ0n) is 25.2. The van der Waals surface area contributed by atoms with Crippen molar-refractivity contribution in [2.24, 2.45) is 0 Å². The molecule has 4 aromatic rings. The number of carboxylic acids is 1. The summed E-state index contributed by atoms with van der Waals surface area (Å²) in [5.41, 5.74) is 2.97. The number of rotatable bonds is 14. The lowest BCUT2D eigenvalue weighted by atomic mass is 10.0. The molecular weight excluding hydrogens is 577 g/mol. The molecule has 0 spiro atoms. The van der Waals surface area contributed by atoms with E-state index in [9.17, 15) is 19.1 Å². The van der Waals surface area contributed by atoms with Crippen LogP contribution in [0.2, 0.25) is 0 Å². The van der Waals surface area contributed by atoms with E-state index in [1.165, 1.54) is 23.5 Å². The largest absolute Gasteiger partial charge is 0.497 e. The highest BCUT2D eigenvalue weighted by atomic mass is 32.1. The van der Waals surface area contributed by atoms with Gasteiger partial charge in [-0.25, -0.2) is 9.18 Å². The molecule has 0 aliphatic carbocycles. The molecule has 230 valence electrons. The number of halogens is 1. The summed E-state index contributed by atoms with van der Waals surface area (Å²) in [7, 11) is 1.63. The van der Waals surface area contributed by atoms with Gasteiger partial charge in [0.2, 0.25) is 0 Å². The van der Waals surface area contributed by atoms with Crippen molar-refractivity contribution < 1.29 is 28.6 Å². The summed E-state index contributed by atoms with van der Waals surface area (Å²) >= 11 is 1.33. The molecule has 44 heavy (non-hydrogen) atoms. The normalized spacial score (nSPS) is 12.4. The van der Waals surface area contributed by atoms with Crippen molar-refractivity contribution in [3.05, 3.63) is 120 Å². The van der Waals surface area contributed by atoms with E-state index < -0.39 is 24.1 Å². The van der Waals surface area contributed by atoms with Gasteiger partial charge in [0, 0.05) is 4.70 Å². The first-order chi connectivity index (χ1) is 21.4. The van der Waals surface area contributed by atoms with Gasteiger partial charge in [-0.05, 0) is 89.5 Å². The number of carbonyl (C=O) groups excluding carboxylic acids is 1. The summed E-state index contributed by atoms with van der Waals surface area (Å²) in [5, 5.41) is 13.4. The van der Waals surface area contributed by atoms with Crippen LogP contribution in [0.4, 0.5) is 4.39 Å². The fourth-order valence-electron chi connectivity index (χ4n) is 4.20. The van der Waals surface area contributed by atoms with Crippen LogP contribution in [0.1, 0.15) is 35.5 Å². The van der Waals surface area contributed by atoms with E-state index in [-0.39, 0.29) is 6.42 Å². The van der Waals surface area contributed by atoms with Crippen molar-refractivity contribution in [2.45, 2.75) is 38.9 Å². The molecule has 1 heterocycles. The second-order valence-corrected chi connectivity index (χ2v) is 10.5. The number of thiophene rings is 1. The molecule has 0 saturated carbocycles. The number of amides is 1. The molecule has 3 aromatic carbocycles. The average Bonchev–Trinajstić information content (AvgIpc) is 3.49. The summed E-state index contributed by atoms with van der Waals surface area (Å²) in [6, 6.07) is 21.8. The molecule has 0 saturated heterocycles. The Hall–Kier alpha value is -4.69. The maximum atomic E-state index is 13.0. The summed E-state index contributed by atoms with van der Waals surface area (Å²) < 4.78 is 24.8. The summed E-state index contributed by atoms with van der Waals surface area (Å²) in [6.07, 6.45) is 7.18. The molecule has 1 aromatic heterocycles. The highest BCUT2D eigenvalue weighted by Gasteiger charge is 2.22. The molecule has 0 aliphatic rings. The number of allylic oxidation sites excluding steroid dienone is 4. The molecule has 6 nitrogen and oxygen atoms in total. The topological polar surface area (TPSA) is 84.9 Å². The van der Waals surface area contributed by atoms with Gasteiger partial charge in [-0.1, -0.05) is 69.0 Å². The number of benzene rings is 3. The fourth-order valence-corrected chi connectivity index (χ4v) is 5.14. The van der Waals surface area contributed by atoms with Crippen molar-refractivity contribution in [2.75, 3.05) is 13.7 Å². The Bertz CT molecular complexity index is 1570.